The van der Waals surface area contributed by atoms with E-state index >= 15 is 0 Å². The number of carbonyl (C=O) groups excluding carboxylic acids is 3. The van der Waals surface area contributed by atoms with E-state index in [9.17, 15) is 19.2 Å². The summed E-state index contributed by atoms with van der Waals surface area (Å²) in [5.74, 6) is -0.610. The van der Waals surface area contributed by atoms with Crippen LogP contribution < -0.4 is 20.9 Å². The highest BCUT2D eigenvalue weighted by molar-refractivity contribution is 6.31. The molecule has 2 N–H and O–H groups in total. The fourth-order valence-corrected chi connectivity index (χ4v) is 4.31. The van der Waals surface area contributed by atoms with Crippen molar-refractivity contribution in [1.82, 2.24) is 9.88 Å². The van der Waals surface area contributed by atoms with Crippen LogP contribution in [0.15, 0.2) is 59.5 Å². The summed E-state index contributed by atoms with van der Waals surface area (Å²) in [4.78, 5) is 51.2. The fourth-order valence-electron chi connectivity index (χ4n) is 4.14. The zero-order valence-electron chi connectivity index (χ0n) is 23.5. The van der Waals surface area contributed by atoms with Crippen LogP contribution in [-0.4, -0.2) is 48.5 Å². The van der Waals surface area contributed by atoms with Gasteiger partial charge in [-0.1, -0.05) is 11.6 Å². The molecule has 0 saturated carbocycles. The second-order valence-corrected chi connectivity index (χ2v) is 10.6. The Morgan fingerprint density at radius 1 is 1.02 bits per heavy atom. The van der Waals surface area contributed by atoms with Gasteiger partial charge >= 0.3 is 0 Å². The number of pyridine rings is 1. The highest BCUT2D eigenvalue weighted by atomic mass is 35.5. The molecule has 0 aliphatic heterocycles. The summed E-state index contributed by atoms with van der Waals surface area (Å²) in [7, 11) is 2.98. The van der Waals surface area contributed by atoms with Crippen LogP contribution in [0.3, 0.4) is 0 Å². The molecule has 0 fully saturated rings. The molecule has 0 radical (unpaired) electrons. The lowest BCUT2D eigenvalue weighted by atomic mass is 9.97. The summed E-state index contributed by atoms with van der Waals surface area (Å²) >= 11 is 6.21. The summed E-state index contributed by atoms with van der Waals surface area (Å²) in [6, 6.07) is 11.6. The van der Waals surface area contributed by atoms with Gasteiger partial charge in [0, 0.05) is 53.5 Å². The minimum atomic E-state index is -0.956. The van der Waals surface area contributed by atoms with Gasteiger partial charge in [-0.05, 0) is 75.7 Å². The smallest absolute Gasteiger partial charge is 0.252 e. The Balaban J connectivity index is 2.04. The number of methoxy groups -OCH3 is 1. The molecule has 1 heterocycles. The Bertz CT molecular complexity index is 1460. The Labute approximate surface area is 238 Å². The summed E-state index contributed by atoms with van der Waals surface area (Å²) in [5.41, 5.74) is 1.20. The first kappa shape index (κ1) is 30.6. The number of amides is 2. The van der Waals surface area contributed by atoms with Gasteiger partial charge in [0.2, 0.25) is 5.91 Å². The average Bonchev–Trinajstić information content (AvgIpc) is 2.90. The third-order valence-electron chi connectivity index (χ3n) is 6.12. The quantitative estimate of drug-likeness (QED) is 0.328. The van der Waals surface area contributed by atoms with Crippen LogP contribution >= 0.6 is 11.6 Å². The summed E-state index contributed by atoms with van der Waals surface area (Å²) < 4.78 is 12.8. The van der Waals surface area contributed by atoms with E-state index < -0.39 is 23.1 Å². The topological polar surface area (TPSA) is 116 Å². The van der Waals surface area contributed by atoms with Crippen molar-refractivity contribution in [2.24, 2.45) is 0 Å². The fraction of sp³-hybridized carbons (Fsp3) is 0.333. The Morgan fingerprint density at radius 2 is 1.70 bits per heavy atom. The number of Topliss-reactive ketones (excluding diaryl/α,β-unsaturated/α-hetero) is 1. The molecule has 0 spiro atoms. The van der Waals surface area contributed by atoms with Crippen molar-refractivity contribution in [3.63, 3.8) is 0 Å². The van der Waals surface area contributed by atoms with Crippen molar-refractivity contribution in [1.29, 1.82) is 0 Å². The van der Waals surface area contributed by atoms with Gasteiger partial charge in [-0.25, -0.2) is 0 Å². The van der Waals surface area contributed by atoms with Crippen molar-refractivity contribution < 1.29 is 23.9 Å². The molecule has 9 nitrogen and oxygen atoms in total. The highest BCUT2D eigenvalue weighted by Gasteiger charge is 2.25. The van der Waals surface area contributed by atoms with Gasteiger partial charge in [0.1, 0.15) is 11.8 Å². The van der Waals surface area contributed by atoms with Gasteiger partial charge < -0.3 is 20.1 Å². The van der Waals surface area contributed by atoms with Crippen LogP contribution in [0.4, 0.5) is 5.69 Å². The number of hydrogen-bond donors (Lipinski definition) is 2. The van der Waals surface area contributed by atoms with E-state index in [0.29, 0.717) is 33.0 Å². The van der Waals surface area contributed by atoms with E-state index in [1.807, 2.05) is 20.8 Å². The molecule has 3 aromatic rings. The number of hydrogen-bond acceptors (Lipinski definition) is 6. The Morgan fingerprint density at radius 3 is 2.27 bits per heavy atom. The van der Waals surface area contributed by atoms with Crippen LogP contribution in [0.25, 0.3) is 11.1 Å². The molecular formula is C30H34ClN3O6. The molecule has 0 aliphatic rings. The molecule has 2 amide bonds. The Hall–Kier alpha value is -3.95. The van der Waals surface area contributed by atoms with Gasteiger partial charge in [-0.3, -0.25) is 23.7 Å². The maximum atomic E-state index is 13.5. The van der Waals surface area contributed by atoms with E-state index in [1.165, 1.54) is 37.9 Å². The van der Waals surface area contributed by atoms with Crippen molar-refractivity contribution >= 4 is 34.9 Å². The molecule has 40 heavy (non-hydrogen) atoms. The first-order valence-corrected chi connectivity index (χ1v) is 13.1. The highest BCUT2D eigenvalue weighted by Crippen LogP contribution is 2.34. The van der Waals surface area contributed by atoms with Crippen LogP contribution in [-0.2, 0) is 9.53 Å². The van der Waals surface area contributed by atoms with Crippen molar-refractivity contribution in [3.8, 4) is 16.9 Å². The van der Waals surface area contributed by atoms with E-state index in [4.69, 9.17) is 21.1 Å². The zero-order valence-corrected chi connectivity index (χ0v) is 24.2. The maximum absolute atomic E-state index is 13.5. The number of ether oxygens (including phenoxy) is 2. The van der Waals surface area contributed by atoms with Gasteiger partial charge in [0.15, 0.2) is 5.78 Å². The van der Waals surface area contributed by atoms with Crippen LogP contribution in [0.2, 0.25) is 5.02 Å². The second kappa shape index (κ2) is 12.9. The van der Waals surface area contributed by atoms with E-state index in [2.05, 4.69) is 10.6 Å². The molecule has 3 rings (SSSR count). The summed E-state index contributed by atoms with van der Waals surface area (Å²) in [5, 5.41) is 5.77. The number of aromatic nitrogens is 1. The van der Waals surface area contributed by atoms with Crippen molar-refractivity contribution in [3.05, 3.63) is 81.2 Å². The second-order valence-electron chi connectivity index (χ2n) is 10.2. The number of anilines is 1. The molecule has 1 aromatic heterocycles. The molecule has 2 aromatic carbocycles. The van der Waals surface area contributed by atoms with E-state index in [-0.39, 0.29) is 30.5 Å². The monoisotopic (exact) mass is 567 g/mol. The van der Waals surface area contributed by atoms with E-state index in [0.717, 1.165) is 0 Å². The molecule has 0 unspecified atom stereocenters. The lowest BCUT2D eigenvalue weighted by molar-refractivity contribution is -0.120. The number of nitrogens with one attached hydrogen (secondary N) is 2. The first-order valence-electron chi connectivity index (χ1n) is 12.7. The standard InChI is InChI=1S/C30H34ClN3O6/c1-18(35)22-12-9-20(31)15-23(22)24-16-27(36)34(17-26(24)39-6)25(13-14-40-30(2,3)4)29(38)33-21-10-7-19(8-11-21)28(37)32-5/h7-12,15-17,25H,13-14H2,1-6H3,(H,32,37)(H,33,38)/t25-/m0/s1. The van der Waals surface area contributed by atoms with Crippen molar-refractivity contribution in [2.75, 3.05) is 26.1 Å². The van der Waals surface area contributed by atoms with Crippen LogP contribution in [0.5, 0.6) is 5.75 Å². The molecule has 10 heteroatoms. The largest absolute Gasteiger partial charge is 0.495 e. The average molecular weight is 568 g/mol. The van der Waals surface area contributed by atoms with Crippen molar-refractivity contribution in [2.45, 2.75) is 45.8 Å². The van der Waals surface area contributed by atoms with Gasteiger partial charge in [0.25, 0.3) is 11.5 Å². The number of benzene rings is 2. The molecule has 0 aliphatic carbocycles. The lowest BCUT2D eigenvalue weighted by Crippen LogP contribution is -2.34. The third-order valence-corrected chi connectivity index (χ3v) is 6.36. The number of ketones is 1. The Kier molecular flexibility index (Phi) is 9.89. The minimum absolute atomic E-state index is 0.192. The SMILES string of the molecule is CNC(=O)c1ccc(NC(=O)[C@H](CCOC(C)(C)C)n2cc(OC)c(-c3cc(Cl)ccc3C(C)=O)cc2=O)cc1. The first-order chi connectivity index (χ1) is 18.8. The summed E-state index contributed by atoms with van der Waals surface area (Å²) in [6.07, 6.45) is 1.65. The molecular weight excluding hydrogens is 534 g/mol. The molecule has 212 valence electrons. The number of carbonyl (C=O) groups is 3. The van der Waals surface area contributed by atoms with Crippen LogP contribution in [0.1, 0.15) is 60.9 Å². The number of halogens is 1. The number of rotatable bonds is 10. The predicted molar refractivity (Wildman–Crippen MR) is 156 cm³/mol. The number of nitrogens with zero attached hydrogens (tertiary/aromatic N) is 1. The minimum Gasteiger partial charge on any atom is -0.495 e. The van der Waals surface area contributed by atoms with Gasteiger partial charge in [-0.15, -0.1) is 0 Å². The lowest BCUT2D eigenvalue weighted by Gasteiger charge is -2.24. The normalized spacial score (nSPS) is 12.0. The van der Waals surface area contributed by atoms with Gasteiger partial charge in [-0.2, -0.15) is 0 Å². The third kappa shape index (κ3) is 7.58. The predicted octanol–water partition coefficient (Wildman–Crippen LogP) is 5.12. The van der Waals surface area contributed by atoms with Crippen LogP contribution in [0, 0.1) is 0 Å². The van der Waals surface area contributed by atoms with Gasteiger partial charge in [0.05, 0.1) is 18.9 Å². The zero-order chi connectivity index (χ0) is 29.6. The molecule has 0 saturated heterocycles. The van der Waals surface area contributed by atoms with E-state index in [1.54, 1.807) is 42.5 Å². The summed E-state index contributed by atoms with van der Waals surface area (Å²) in [6.45, 7) is 7.33. The maximum Gasteiger partial charge on any atom is 0.252 e. The molecule has 1 atom stereocenters. The molecule has 0 bridgehead atoms.